The minimum Gasteiger partial charge on any atom is -0.386 e. The summed E-state index contributed by atoms with van der Waals surface area (Å²) in [4.78, 5) is 11.1. The minimum absolute atomic E-state index is 0.00966. The molecule has 0 aliphatic carbocycles. The largest absolute Gasteiger partial charge is 0.386 e. The quantitative estimate of drug-likeness (QED) is 0.519. The van der Waals surface area contributed by atoms with Gasteiger partial charge in [-0.05, 0) is 13.3 Å². The lowest BCUT2D eigenvalue weighted by molar-refractivity contribution is -0.126. The summed E-state index contributed by atoms with van der Waals surface area (Å²) in [5.41, 5.74) is 0. The van der Waals surface area contributed by atoms with Crippen molar-refractivity contribution in [2.24, 2.45) is 0 Å². The summed E-state index contributed by atoms with van der Waals surface area (Å²) in [5, 5.41) is 9.01. The molecule has 0 amide bonds. The fourth-order valence-electron chi connectivity index (χ4n) is 2.00. The Balaban J connectivity index is 3.06. The molecular weight excluding hydrogens is 212 g/mol. The second-order valence-electron chi connectivity index (χ2n) is 5.07. The molecule has 102 valence electrons. The Morgan fingerprint density at radius 3 is 1.71 bits per heavy atom. The van der Waals surface area contributed by atoms with Gasteiger partial charge in [-0.2, -0.15) is 0 Å². The van der Waals surface area contributed by atoms with Gasteiger partial charge in [0.2, 0.25) is 0 Å². The van der Waals surface area contributed by atoms with Gasteiger partial charge < -0.3 is 5.11 Å². The van der Waals surface area contributed by atoms with E-state index in [1.165, 1.54) is 51.4 Å². The van der Waals surface area contributed by atoms with Gasteiger partial charge in [0.05, 0.1) is 0 Å². The first-order chi connectivity index (χ1) is 8.18. The Morgan fingerprint density at radius 1 is 0.882 bits per heavy atom. The lowest BCUT2D eigenvalue weighted by atomic mass is 10.0. The van der Waals surface area contributed by atoms with Gasteiger partial charge in [-0.3, -0.25) is 4.79 Å². The summed E-state index contributed by atoms with van der Waals surface area (Å²) in [6, 6.07) is 0. The first-order valence-electron chi connectivity index (χ1n) is 7.39. The van der Waals surface area contributed by atoms with E-state index in [-0.39, 0.29) is 5.78 Å². The van der Waals surface area contributed by atoms with Gasteiger partial charge in [-0.1, -0.05) is 64.7 Å². The Hall–Kier alpha value is -0.370. The molecule has 2 heteroatoms. The van der Waals surface area contributed by atoms with E-state index in [2.05, 4.69) is 6.92 Å². The van der Waals surface area contributed by atoms with Crippen LogP contribution in [0.5, 0.6) is 0 Å². The van der Waals surface area contributed by atoms with E-state index in [0.717, 1.165) is 12.8 Å². The monoisotopic (exact) mass is 242 g/mol. The van der Waals surface area contributed by atoms with Gasteiger partial charge in [0.15, 0.2) is 5.78 Å². The lowest BCUT2D eigenvalue weighted by Crippen LogP contribution is -2.15. The predicted octanol–water partition coefficient (Wildman–Crippen LogP) is 4.25. The van der Waals surface area contributed by atoms with E-state index in [9.17, 15) is 4.79 Å². The number of aliphatic hydroxyl groups excluding tert-OH is 1. The average molecular weight is 242 g/mol. The number of hydrogen-bond donors (Lipinski definition) is 1. The molecule has 2 nitrogen and oxygen atoms in total. The van der Waals surface area contributed by atoms with Crippen LogP contribution < -0.4 is 0 Å². The number of unbranched alkanes of at least 4 members (excludes halogenated alkanes) is 9. The van der Waals surface area contributed by atoms with Crippen LogP contribution in [0.3, 0.4) is 0 Å². The Morgan fingerprint density at radius 2 is 1.29 bits per heavy atom. The Bertz CT molecular complexity index is 176. The molecule has 0 bridgehead atoms. The highest BCUT2D eigenvalue weighted by Crippen LogP contribution is 2.11. The smallest absolute Gasteiger partial charge is 0.160 e. The molecular formula is C15H30O2. The van der Waals surface area contributed by atoms with Gasteiger partial charge in [-0.25, -0.2) is 0 Å². The summed E-state index contributed by atoms with van der Waals surface area (Å²) in [5.74, 6) is -0.00966. The highest BCUT2D eigenvalue weighted by atomic mass is 16.3. The maximum Gasteiger partial charge on any atom is 0.160 e. The molecule has 1 N–H and O–H groups in total. The Labute approximate surface area is 107 Å². The minimum atomic E-state index is -0.770. The maximum atomic E-state index is 11.1. The third-order valence-corrected chi connectivity index (χ3v) is 3.24. The third kappa shape index (κ3) is 11.9. The molecule has 0 aliphatic heterocycles. The lowest BCUT2D eigenvalue weighted by Gasteiger charge is -2.03. The molecule has 0 heterocycles. The second kappa shape index (κ2) is 12.1. The molecule has 0 rings (SSSR count). The van der Waals surface area contributed by atoms with E-state index < -0.39 is 6.10 Å². The van der Waals surface area contributed by atoms with Gasteiger partial charge in [0, 0.05) is 6.42 Å². The Kier molecular flexibility index (Phi) is 11.8. The highest BCUT2D eigenvalue weighted by Gasteiger charge is 2.07. The summed E-state index contributed by atoms with van der Waals surface area (Å²) < 4.78 is 0. The second-order valence-corrected chi connectivity index (χ2v) is 5.07. The topological polar surface area (TPSA) is 37.3 Å². The standard InChI is InChI=1S/C15H30O2/c1-3-4-5-6-7-8-9-10-11-12-13-15(17)14(2)16/h14,16H,3-13H2,1-2H3. The zero-order valence-corrected chi connectivity index (χ0v) is 11.7. The SMILES string of the molecule is CCCCCCCCCCCCC(=O)C(C)O. The van der Waals surface area contributed by atoms with Crippen LogP contribution in [0, 0.1) is 0 Å². The molecule has 1 atom stereocenters. The van der Waals surface area contributed by atoms with Crippen molar-refractivity contribution < 1.29 is 9.90 Å². The van der Waals surface area contributed by atoms with Crippen molar-refractivity contribution in [3.8, 4) is 0 Å². The number of ketones is 1. The molecule has 0 aromatic heterocycles. The summed E-state index contributed by atoms with van der Waals surface area (Å²) in [7, 11) is 0. The molecule has 0 aliphatic rings. The van der Waals surface area contributed by atoms with Crippen molar-refractivity contribution in [2.75, 3.05) is 0 Å². The van der Waals surface area contributed by atoms with Crippen LogP contribution in [0.25, 0.3) is 0 Å². The molecule has 0 aromatic carbocycles. The molecule has 0 saturated heterocycles. The molecule has 0 aromatic rings. The summed E-state index contributed by atoms with van der Waals surface area (Å²) in [6.45, 7) is 3.80. The molecule has 0 radical (unpaired) electrons. The van der Waals surface area contributed by atoms with Gasteiger partial charge >= 0.3 is 0 Å². The van der Waals surface area contributed by atoms with E-state index >= 15 is 0 Å². The van der Waals surface area contributed by atoms with Crippen LogP contribution in [0.2, 0.25) is 0 Å². The average Bonchev–Trinajstić information content (AvgIpc) is 2.31. The summed E-state index contributed by atoms with van der Waals surface area (Å²) >= 11 is 0. The van der Waals surface area contributed by atoms with Crippen molar-refractivity contribution in [1.82, 2.24) is 0 Å². The molecule has 0 saturated carbocycles. The van der Waals surface area contributed by atoms with E-state index in [1.807, 2.05) is 0 Å². The normalized spacial score (nSPS) is 12.6. The van der Waals surface area contributed by atoms with E-state index in [4.69, 9.17) is 5.11 Å². The number of hydrogen-bond acceptors (Lipinski definition) is 2. The van der Waals surface area contributed by atoms with Crippen molar-refractivity contribution in [3.05, 3.63) is 0 Å². The first kappa shape index (κ1) is 16.6. The van der Waals surface area contributed by atoms with Crippen LogP contribution in [-0.4, -0.2) is 17.0 Å². The molecule has 0 fully saturated rings. The number of aliphatic hydroxyl groups is 1. The zero-order valence-electron chi connectivity index (χ0n) is 11.7. The molecule has 1 unspecified atom stereocenters. The number of carbonyl (C=O) groups is 1. The zero-order chi connectivity index (χ0) is 12.9. The van der Waals surface area contributed by atoms with Crippen LogP contribution in [0.4, 0.5) is 0 Å². The van der Waals surface area contributed by atoms with Crippen molar-refractivity contribution in [1.29, 1.82) is 0 Å². The van der Waals surface area contributed by atoms with Crippen LogP contribution in [0.15, 0.2) is 0 Å². The maximum absolute atomic E-state index is 11.1. The van der Waals surface area contributed by atoms with Crippen LogP contribution in [0.1, 0.15) is 84.5 Å². The van der Waals surface area contributed by atoms with Gasteiger partial charge in [-0.15, -0.1) is 0 Å². The van der Waals surface area contributed by atoms with Crippen molar-refractivity contribution >= 4 is 5.78 Å². The number of rotatable bonds is 12. The predicted molar refractivity (Wildman–Crippen MR) is 73.1 cm³/mol. The van der Waals surface area contributed by atoms with Crippen LogP contribution in [-0.2, 0) is 4.79 Å². The number of carbonyl (C=O) groups excluding carboxylic acids is 1. The van der Waals surface area contributed by atoms with Crippen LogP contribution >= 0.6 is 0 Å². The van der Waals surface area contributed by atoms with E-state index in [1.54, 1.807) is 6.92 Å². The fraction of sp³-hybridized carbons (Fsp3) is 0.933. The van der Waals surface area contributed by atoms with Gasteiger partial charge in [0.25, 0.3) is 0 Å². The van der Waals surface area contributed by atoms with Gasteiger partial charge in [0.1, 0.15) is 6.10 Å². The number of Topliss-reactive ketones (excluding diaryl/α,β-unsaturated/α-hetero) is 1. The third-order valence-electron chi connectivity index (χ3n) is 3.24. The van der Waals surface area contributed by atoms with Crippen molar-refractivity contribution in [2.45, 2.75) is 90.6 Å². The van der Waals surface area contributed by atoms with E-state index in [0.29, 0.717) is 6.42 Å². The highest BCUT2D eigenvalue weighted by molar-refractivity contribution is 5.82. The fourth-order valence-corrected chi connectivity index (χ4v) is 2.00. The van der Waals surface area contributed by atoms with Crippen molar-refractivity contribution in [3.63, 3.8) is 0 Å². The molecule has 17 heavy (non-hydrogen) atoms. The first-order valence-corrected chi connectivity index (χ1v) is 7.39. The molecule has 0 spiro atoms. The summed E-state index contributed by atoms with van der Waals surface area (Å²) in [6.07, 6.45) is 12.6.